The van der Waals surface area contributed by atoms with Gasteiger partial charge in [-0.05, 0) is 44.6 Å². The molecule has 18 heavy (non-hydrogen) atoms. The van der Waals surface area contributed by atoms with Crippen LogP contribution in [0.25, 0.3) is 0 Å². The molecule has 0 bridgehead atoms. The van der Waals surface area contributed by atoms with Gasteiger partial charge in [0.05, 0.1) is 18.1 Å². The molecule has 0 spiro atoms. The van der Waals surface area contributed by atoms with Gasteiger partial charge in [-0.2, -0.15) is 0 Å². The lowest BCUT2D eigenvalue weighted by molar-refractivity contribution is -0.0852. The monoisotopic (exact) mass is 249 g/mol. The first kappa shape index (κ1) is 12.2. The van der Waals surface area contributed by atoms with E-state index in [-0.39, 0.29) is 0 Å². The second kappa shape index (κ2) is 4.39. The average molecular weight is 249 g/mol. The van der Waals surface area contributed by atoms with E-state index in [1.165, 1.54) is 18.4 Å². The van der Waals surface area contributed by atoms with Crippen LogP contribution in [0.2, 0.25) is 0 Å². The molecule has 3 heterocycles. The van der Waals surface area contributed by atoms with E-state index in [9.17, 15) is 5.11 Å². The van der Waals surface area contributed by atoms with Gasteiger partial charge in [0, 0.05) is 24.2 Å². The number of nitrogens with zero attached hydrogens (tertiary/aromatic N) is 1. The van der Waals surface area contributed by atoms with E-state index in [0.717, 1.165) is 25.3 Å². The SMILES string of the molecule is C[C@@H]1CC[C@H](c2ccoc2)N2C[C@](C)(O)CC[C@@H]12. The van der Waals surface area contributed by atoms with E-state index in [1.54, 1.807) is 6.26 Å². The number of fused-ring (bicyclic) bond motifs is 1. The lowest BCUT2D eigenvalue weighted by atomic mass is 9.77. The lowest BCUT2D eigenvalue weighted by Crippen LogP contribution is -2.56. The highest BCUT2D eigenvalue weighted by Gasteiger charge is 2.43. The first-order chi connectivity index (χ1) is 8.57. The summed E-state index contributed by atoms with van der Waals surface area (Å²) in [5, 5.41) is 10.3. The number of furan rings is 1. The number of piperidine rings is 2. The van der Waals surface area contributed by atoms with Crippen LogP contribution in [-0.2, 0) is 0 Å². The molecule has 2 aliphatic rings. The van der Waals surface area contributed by atoms with Gasteiger partial charge in [0.15, 0.2) is 0 Å². The van der Waals surface area contributed by atoms with Crippen molar-refractivity contribution in [2.45, 2.75) is 57.2 Å². The summed E-state index contributed by atoms with van der Waals surface area (Å²) in [6.45, 7) is 5.11. The van der Waals surface area contributed by atoms with Crippen molar-refractivity contribution in [2.24, 2.45) is 5.92 Å². The molecular formula is C15H23NO2. The van der Waals surface area contributed by atoms with E-state index in [2.05, 4.69) is 17.9 Å². The van der Waals surface area contributed by atoms with Gasteiger partial charge in [0.25, 0.3) is 0 Å². The maximum Gasteiger partial charge on any atom is 0.0950 e. The third kappa shape index (κ3) is 2.10. The van der Waals surface area contributed by atoms with Crippen molar-refractivity contribution < 1.29 is 9.52 Å². The zero-order chi connectivity index (χ0) is 12.8. The Labute approximate surface area is 109 Å². The predicted octanol–water partition coefficient (Wildman–Crippen LogP) is 2.97. The molecule has 0 aliphatic carbocycles. The first-order valence-corrected chi connectivity index (χ1v) is 7.07. The average Bonchev–Trinajstić information content (AvgIpc) is 2.81. The molecule has 0 aromatic carbocycles. The van der Waals surface area contributed by atoms with Gasteiger partial charge >= 0.3 is 0 Å². The minimum absolute atomic E-state index is 0.428. The molecule has 3 heteroatoms. The fourth-order valence-electron chi connectivity index (χ4n) is 3.77. The Bertz CT molecular complexity index is 399. The Morgan fingerprint density at radius 2 is 2.22 bits per heavy atom. The van der Waals surface area contributed by atoms with Crippen molar-refractivity contribution in [1.29, 1.82) is 0 Å². The Morgan fingerprint density at radius 1 is 1.39 bits per heavy atom. The number of aliphatic hydroxyl groups is 1. The zero-order valence-electron chi connectivity index (χ0n) is 11.3. The van der Waals surface area contributed by atoms with Crippen molar-refractivity contribution in [3.63, 3.8) is 0 Å². The van der Waals surface area contributed by atoms with Gasteiger partial charge in [-0.1, -0.05) is 6.92 Å². The fraction of sp³-hybridized carbons (Fsp3) is 0.733. The van der Waals surface area contributed by atoms with Crippen LogP contribution in [0.3, 0.4) is 0 Å². The Hall–Kier alpha value is -0.800. The van der Waals surface area contributed by atoms with Crippen molar-refractivity contribution >= 4 is 0 Å². The quantitative estimate of drug-likeness (QED) is 0.831. The Morgan fingerprint density at radius 3 is 2.94 bits per heavy atom. The van der Waals surface area contributed by atoms with Crippen molar-refractivity contribution in [1.82, 2.24) is 4.90 Å². The van der Waals surface area contributed by atoms with Crippen LogP contribution in [0, 0.1) is 5.92 Å². The molecule has 1 aromatic rings. The molecule has 0 saturated carbocycles. The van der Waals surface area contributed by atoms with E-state index < -0.39 is 5.60 Å². The van der Waals surface area contributed by atoms with E-state index in [1.807, 2.05) is 13.2 Å². The lowest BCUT2D eigenvalue weighted by Gasteiger charge is -2.51. The minimum atomic E-state index is -0.532. The van der Waals surface area contributed by atoms with Crippen LogP contribution in [0.4, 0.5) is 0 Å². The Balaban J connectivity index is 1.87. The van der Waals surface area contributed by atoms with Crippen molar-refractivity contribution in [2.75, 3.05) is 6.54 Å². The third-order valence-corrected chi connectivity index (χ3v) is 4.81. The molecule has 100 valence electrons. The molecule has 3 rings (SSSR count). The smallest absolute Gasteiger partial charge is 0.0950 e. The molecule has 4 atom stereocenters. The van der Waals surface area contributed by atoms with Crippen LogP contribution in [0.5, 0.6) is 0 Å². The summed E-state index contributed by atoms with van der Waals surface area (Å²) >= 11 is 0. The fourth-order valence-corrected chi connectivity index (χ4v) is 3.77. The largest absolute Gasteiger partial charge is 0.472 e. The number of hydrogen-bond acceptors (Lipinski definition) is 3. The maximum atomic E-state index is 10.3. The summed E-state index contributed by atoms with van der Waals surface area (Å²) in [4.78, 5) is 2.52. The van der Waals surface area contributed by atoms with Crippen LogP contribution in [-0.4, -0.2) is 28.2 Å². The van der Waals surface area contributed by atoms with E-state index >= 15 is 0 Å². The third-order valence-electron chi connectivity index (χ3n) is 4.81. The molecule has 0 amide bonds. The summed E-state index contributed by atoms with van der Waals surface area (Å²) in [5.74, 6) is 0.740. The number of hydrogen-bond donors (Lipinski definition) is 1. The van der Waals surface area contributed by atoms with Crippen LogP contribution in [0.15, 0.2) is 23.0 Å². The van der Waals surface area contributed by atoms with E-state index in [4.69, 9.17) is 4.42 Å². The summed E-state index contributed by atoms with van der Waals surface area (Å²) in [5.41, 5.74) is 0.736. The molecule has 0 radical (unpaired) electrons. The second-order valence-corrected chi connectivity index (χ2v) is 6.40. The van der Waals surface area contributed by atoms with Crippen molar-refractivity contribution in [3.8, 4) is 0 Å². The molecular weight excluding hydrogens is 226 g/mol. The highest BCUT2D eigenvalue weighted by atomic mass is 16.3. The van der Waals surface area contributed by atoms with Gasteiger partial charge < -0.3 is 9.52 Å². The van der Waals surface area contributed by atoms with Gasteiger partial charge in [-0.15, -0.1) is 0 Å². The summed E-state index contributed by atoms with van der Waals surface area (Å²) in [7, 11) is 0. The Kier molecular flexibility index (Phi) is 2.99. The molecule has 2 aliphatic heterocycles. The molecule has 0 unspecified atom stereocenters. The maximum absolute atomic E-state index is 10.3. The molecule has 3 nitrogen and oxygen atoms in total. The first-order valence-electron chi connectivity index (χ1n) is 7.07. The van der Waals surface area contributed by atoms with Crippen LogP contribution < -0.4 is 0 Å². The van der Waals surface area contributed by atoms with Crippen LogP contribution >= 0.6 is 0 Å². The molecule has 1 aromatic heterocycles. The zero-order valence-corrected chi connectivity index (χ0v) is 11.3. The molecule has 2 fully saturated rings. The highest BCUT2D eigenvalue weighted by Crippen LogP contribution is 2.43. The minimum Gasteiger partial charge on any atom is -0.472 e. The van der Waals surface area contributed by atoms with E-state index in [0.29, 0.717) is 12.1 Å². The number of rotatable bonds is 1. The molecule has 2 saturated heterocycles. The highest BCUT2D eigenvalue weighted by molar-refractivity contribution is 5.15. The van der Waals surface area contributed by atoms with Crippen molar-refractivity contribution in [3.05, 3.63) is 24.2 Å². The second-order valence-electron chi connectivity index (χ2n) is 6.40. The van der Waals surface area contributed by atoms with Gasteiger partial charge in [0.1, 0.15) is 0 Å². The summed E-state index contributed by atoms with van der Waals surface area (Å²) in [6, 6.07) is 3.12. The standard InChI is InChI=1S/C15H23NO2/c1-11-3-4-14(12-6-8-18-9-12)16-10-15(2,17)7-5-13(11)16/h6,8-9,11,13-14,17H,3-5,7,10H2,1-2H3/t11-,13+,14-,15-/m1/s1. The normalized spacial score (nSPS) is 41.6. The summed E-state index contributed by atoms with van der Waals surface area (Å²) < 4.78 is 5.24. The summed E-state index contributed by atoms with van der Waals surface area (Å²) in [6.07, 6.45) is 8.11. The van der Waals surface area contributed by atoms with Gasteiger partial charge in [0.2, 0.25) is 0 Å². The van der Waals surface area contributed by atoms with Crippen LogP contribution in [0.1, 0.15) is 51.1 Å². The molecule has 1 N–H and O–H groups in total. The van der Waals surface area contributed by atoms with Gasteiger partial charge in [-0.3, -0.25) is 4.90 Å². The van der Waals surface area contributed by atoms with Gasteiger partial charge in [-0.25, -0.2) is 0 Å². The topological polar surface area (TPSA) is 36.6 Å². The predicted molar refractivity (Wildman–Crippen MR) is 70.2 cm³/mol.